The molecule has 2 aliphatic carbocycles. The van der Waals surface area contributed by atoms with Gasteiger partial charge in [-0.2, -0.15) is 4.98 Å². The lowest BCUT2D eigenvalue weighted by Crippen LogP contribution is -2.34. The average Bonchev–Trinajstić information content (AvgIpc) is 2.89. The molecule has 2 fully saturated rings. The van der Waals surface area contributed by atoms with Crippen molar-refractivity contribution < 1.29 is 4.52 Å². The van der Waals surface area contributed by atoms with E-state index in [1.807, 2.05) is 0 Å². The number of rotatable bonds is 3. The second-order valence-corrected chi connectivity index (χ2v) is 6.67. The van der Waals surface area contributed by atoms with Gasteiger partial charge in [0, 0.05) is 17.4 Å². The zero-order valence-electron chi connectivity index (χ0n) is 12.7. The molecule has 2 saturated carbocycles. The second-order valence-electron chi connectivity index (χ2n) is 6.67. The van der Waals surface area contributed by atoms with Crippen LogP contribution in [0.5, 0.6) is 0 Å². The molecule has 2 aliphatic rings. The maximum absolute atomic E-state index is 6.41. The Kier molecular flexibility index (Phi) is 2.76. The Balaban J connectivity index is 1.71. The van der Waals surface area contributed by atoms with E-state index in [2.05, 4.69) is 34.6 Å². The Labute approximate surface area is 124 Å². The zero-order valence-corrected chi connectivity index (χ0v) is 12.7. The molecular formula is C16H22N4O. The number of aromatic nitrogens is 3. The standard InChI is InChI=1S/C16H22N4O/c1-10-9-13(11(2)20(10)12-5-6-12)14-18-15(19-21-14)16(17)7-3-4-8-16/h9,12H,3-8,17H2,1-2H3. The molecule has 2 aromatic rings. The minimum atomic E-state index is -0.385. The van der Waals surface area contributed by atoms with Crippen molar-refractivity contribution in [3.63, 3.8) is 0 Å². The molecule has 5 nitrogen and oxygen atoms in total. The third-order valence-corrected chi connectivity index (χ3v) is 4.99. The number of hydrogen-bond acceptors (Lipinski definition) is 4. The van der Waals surface area contributed by atoms with E-state index < -0.39 is 0 Å². The first-order valence-corrected chi connectivity index (χ1v) is 7.90. The van der Waals surface area contributed by atoms with E-state index in [0.29, 0.717) is 17.8 Å². The summed E-state index contributed by atoms with van der Waals surface area (Å²) >= 11 is 0. The van der Waals surface area contributed by atoms with Crippen LogP contribution in [0, 0.1) is 13.8 Å². The van der Waals surface area contributed by atoms with Crippen LogP contribution in [0.25, 0.3) is 11.5 Å². The van der Waals surface area contributed by atoms with Crippen molar-refractivity contribution in [3.05, 3.63) is 23.3 Å². The molecule has 2 heterocycles. The molecule has 0 aliphatic heterocycles. The van der Waals surface area contributed by atoms with Crippen LogP contribution in [0.2, 0.25) is 0 Å². The fourth-order valence-electron chi connectivity index (χ4n) is 3.65. The molecular weight excluding hydrogens is 264 g/mol. The molecule has 0 bridgehead atoms. The zero-order chi connectivity index (χ0) is 14.6. The Morgan fingerprint density at radius 3 is 2.67 bits per heavy atom. The normalized spacial score (nSPS) is 21.1. The minimum Gasteiger partial charge on any atom is -0.345 e. The van der Waals surface area contributed by atoms with Crippen molar-refractivity contribution >= 4 is 0 Å². The van der Waals surface area contributed by atoms with Crippen molar-refractivity contribution in [2.24, 2.45) is 5.73 Å². The highest BCUT2D eigenvalue weighted by atomic mass is 16.5. The average molecular weight is 286 g/mol. The Hall–Kier alpha value is -1.62. The highest BCUT2D eigenvalue weighted by Crippen LogP contribution is 2.41. The van der Waals surface area contributed by atoms with Crippen LogP contribution in [-0.4, -0.2) is 14.7 Å². The quantitative estimate of drug-likeness (QED) is 0.940. The Morgan fingerprint density at radius 2 is 2.00 bits per heavy atom. The molecule has 0 aromatic carbocycles. The molecule has 2 N–H and O–H groups in total. The fourth-order valence-corrected chi connectivity index (χ4v) is 3.65. The molecule has 0 saturated heterocycles. The lowest BCUT2D eigenvalue weighted by molar-refractivity contribution is 0.372. The lowest BCUT2D eigenvalue weighted by atomic mass is 9.99. The van der Waals surface area contributed by atoms with Crippen LogP contribution in [0.3, 0.4) is 0 Å². The fraction of sp³-hybridized carbons (Fsp3) is 0.625. The summed E-state index contributed by atoms with van der Waals surface area (Å²) in [7, 11) is 0. The van der Waals surface area contributed by atoms with Gasteiger partial charge < -0.3 is 14.8 Å². The molecule has 0 amide bonds. The van der Waals surface area contributed by atoms with Gasteiger partial charge in [0.05, 0.1) is 11.1 Å². The Morgan fingerprint density at radius 1 is 1.29 bits per heavy atom. The number of aryl methyl sites for hydroxylation is 1. The van der Waals surface area contributed by atoms with Crippen molar-refractivity contribution in [2.45, 2.75) is 64.0 Å². The third kappa shape index (κ3) is 2.02. The lowest BCUT2D eigenvalue weighted by Gasteiger charge is -2.17. The molecule has 5 heteroatoms. The van der Waals surface area contributed by atoms with Crippen LogP contribution in [0.1, 0.15) is 61.8 Å². The highest BCUT2D eigenvalue weighted by molar-refractivity contribution is 5.58. The monoisotopic (exact) mass is 286 g/mol. The van der Waals surface area contributed by atoms with E-state index in [-0.39, 0.29) is 5.54 Å². The summed E-state index contributed by atoms with van der Waals surface area (Å²) in [6, 6.07) is 2.82. The van der Waals surface area contributed by atoms with Crippen LogP contribution in [0.4, 0.5) is 0 Å². The summed E-state index contributed by atoms with van der Waals surface area (Å²) in [5.74, 6) is 1.29. The van der Waals surface area contributed by atoms with Gasteiger partial charge in [0.25, 0.3) is 5.89 Å². The van der Waals surface area contributed by atoms with Crippen molar-refractivity contribution in [1.29, 1.82) is 0 Å². The largest absolute Gasteiger partial charge is 0.345 e. The summed E-state index contributed by atoms with van der Waals surface area (Å²) in [4.78, 5) is 4.61. The van der Waals surface area contributed by atoms with Gasteiger partial charge in [-0.1, -0.05) is 18.0 Å². The summed E-state index contributed by atoms with van der Waals surface area (Å²) in [5, 5.41) is 4.17. The van der Waals surface area contributed by atoms with Gasteiger partial charge in [0.15, 0.2) is 5.82 Å². The van der Waals surface area contributed by atoms with Gasteiger partial charge >= 0.3 is 0 Å². The highest BCUT2D eigenvalue weighted by Gasteiger charge is 2.36. The smallest absolute Gasteiger partial charge is 0.259 e. The van der Waals surface area contributed by atoms with Crippen molar-refractivity contribution in [1.82, 2.24) is 14.7 Å². The summed E-state index contributed by atoms with van der Waals surface area (Å²) < 4.78 is 7.92. The van der Waals surface area contributed by atoms with E-state index in [4.69, 9.17) is 10.3 Å². The first-order valence-electron chi connectivity index (χ1n) is 7.90. The maximum atomic E-state index is 6.41. The van der Waals surface area contributed by atoms with Crippen LogP contribution >= 0.6 is 0 Å². The van der Waals surface area contributed by atoms with Crippen molar-refractivity contribution in [3.8, 4) is 11.5 Å². The van der Waals surface area contributed by atoms with E-state index in [1.165, 1.54) is 24.2 Å². The van der Waals surface area contributed by atoms with Crippen LogP contribution in [0.15, 0.2) is 10.6 Å². The van der Waals surface area contributed by atoms with Gasteiger partial charge in [0.2, 0.25) is 0 Å². The molecule has 112 valence electrons. The first kappa shape index (κ1) is 13.1. The Bertz CT molecular complexity index is 675. The first-order chi connectivity index (χ1) is 10.1. The van der Waals surface area contributed by atoms with Crippen molar-refractivity contribution in [2.75, 3.05) is 0 Å². The van der Waals surface area contributed by atoms with E-state index >= 15 is 0 Å². The SMILES string of the molecule is Cc1cc(-c2nc(C3(N)CCCC3)no2)c(C)n1C1CC1. The molecule has 0 atom stereocenters. The van der Waals surface area contributed by atoms with Gasteiger partial charge in [-0.15, -0.1) is 0 Å². The molecule has 0 radical (unpaired) electrons. The summed E-state index contributed by atoms with van der Waals surface area (Å²) in [6.07, 6.45) is 6.75. The van der Waals surface area contributed by atoms with Gasteiger partial charge in [-0.25, -0.2) is 0 Å². The predicted molar refractivity (Wildman–Crippen MR) is 79.8 cm³/mol. The van der Waals surface area contributed by atoms with Gasteiger partial charge in [-0.3, -0.25) is 0 Å². The predicted octanol–water partition coefficient (Wildman–Crippen LogP) is 3.22. The molecule has 2 aromatic heterocycles. The molecule has 0 unspecified atom stereocenters. The van der Waals surface area contributed by atoms with E-state index in [9.17, 15) is 0 Å². The topological polar surface area (TPSA) is 69.9 Å². The summed E-state index contributed by atoms with van der Waals surface area (Å²) in [5.41, 5.74) is 9.58. The number of hydrogen-bond donors (Lipinski definition) is 1. The maximum Gasteiger partial charge on any atom is 0.259 e. The van der Waals surface area contributed by atoms with Gasteiger partial charge in [0.1, 0.15) is 0 Å². The van der Waals surface area contributed by atoms with Crippen LogP contribution < -0.4 is 5.73 Å². The molecule has 21 heavy (non-hydrogen) atoms. The van der Waals surface area contributed by atoms with Crippen LogP contribution in [-0.2, 0) is 5.54 Å². The molecule has 0 spiro atoms. The van der Waals surface area contributed by atoms with Gasteiger partial charge in [-0.05, 0) is 45.6 Å². The minimum absolute atomic E-state index is 0.385. The third-order valence-electron chi connectivity index (χ3n) is 4.99. The number of nitrogens with zero attached hydrogens (tertiary/aromatic N) is 3. The van der Waals surface area contributed by atoms with E-state index in [0.717, 1.165) is 31.2 Å². The summed E-state index contributed by atoms with van der Waals surface area (Å²) in [6.45, 7) is 4.28. The second kappa shape index (κ2) is 4.44. The number of nitrogens with two attached hydrogens (primary N) is 1. The van der Waals surface area contributed by atoms with E-state index in [1.54, 1.807) is 0 Å². The molecule has 4 rings (SSSR count).